The van der Waals surface area contributed by atoms with E-state index in [-0.39, 0.29) is 32.0 Å². The fraction of sp³-hybridized carbons (Fsp3) is 0.500. The van der Waals surface area contributed by atoms with Crippen molar-refractivity contribution >= 4 is 24.3 Å². The monoisotopic (exact) mass is 396 g/mol. The van der Waals surface area contributed by atoms with Crippen LogP contribution in [-0.4, -0.2) is 48.7 Å². The second-order valence-corrected chi connectivity index (χ2v) is 5.66. The zero-order valence-electron chi connectivity index (χ0n) is 14.0. The van der Waals surface area contributed by atoms with Crippen LogP contribution < -0.4 is 5.48 Å². The van der Waals surface area contributed by atoms with Gasteiger partial charge in [0.05, 0.1) is 13.7 Å². The van der Waals surface area contributed by atoms with Crippen LogP contribution in [0.1, 0.15) is 18.4 Å². The van der Waals surface area contributed by atoms with Gasteiger partial charge < -0.3 is 9.64 Å². The van der Waals surface area contributed by atoms with Gasteiger partial charge >= 0.3 is 18.1 Å². The van der Waals surface area contributed by atoms with Crippen molar-refractivity contribution in [1.29, 1.82) is 0 Å². The average molecular weight is 397 g/mol. The first-order valence-corrected chi connectivity index (χ1v) is 7.69. The lowest BCUT2D eigenvalue weighted by Gasteiger charge is -2.38. The molecular formula is C16H20ClF3N2O4. The summed E-state index contributed by atoms with van der Waals surface area (Å²) in [5, 5.41) is 0. The lowest BCUT2D eigenvalue weighted by molar-refractivity contribution is -0.193. The van der Waals surface area contributed by atoms with Crippen LogP contribution in [0, 0.1) is 0 Å². The number of amides is 1. The molecule has 0 aliphatic carbocycles. The number of carbonyl (C=O) groups excluding carboxylic acids is 2. The van der Waals surface area contributed by atoms with E-state index in [1.165, 1.54) is 0 Å². The molecule has 26 heavy (non-hydrogen) atoms. The number of piperidine rings is 1. The van der Waals surface area contributed by atoms with E-state index < -0.39 is 30.1 Å². The van der Waals surface area contributed by atoms with Crippen LogP contribution in [0.3, 0.4) is 0 Å². The number of hydrogen-bond donors (Lipinski definition) is 1. The molecule has 1 aromatic rings. The van der Waals surface area contributed by atoms with Gasteiger partial charge in [-0.15, -0.1) is 12.4 Å². The van der Waals surface area contributed by atoms with Crippen molar-refractivity contribution in [2.75, 3.05) is 13.7 Å². The van der Waals surface area contributed by atoms with Crippen LogP contribution in [0.25, 0.3) is 0 Å². The Bertz CT molecular complexity index is 601. The summed E-state index contributed by atoms with van der Waals surface area (Å²) < 4.78 is 42.8. The van der Waals surface area contributed by atoms with Crippen molar-refractivity contribution < 1.29 is 32.3 Å². The van der Waals surface area contributed by atoms with Crippen LogP contribution in [0.5, 0.6) is 0 Å². The fourth-order valence-electron chi connectivity index (χ4n) is 2.65. The molecule has 0 saturated carbocycles. The fourth-order valence-corrected chi connectivity index (χ4v) is 2.65. The number of carbonyl (C=O) groups is 2. The number of benzene rings is 1. The van der Waals surface area contributed by atoms with E-state index in [9.17, 15) is 22.8 Å². The van der Waals surface area contributed by atoms with Crippen molar-refractivity contribution in [3.05, 3.63) is 35.9 Å². The molecule has 0 radical (unpaired) electrons. The maximum Gasteiger partial charge on any atom is 0.471 e. The Balaban J connectivity index is 0.00000338. The minimum atomic E-state index is -5.06. The number of halogens is 4. The molecule has 1 aliphatic heterocycles. The lowest BCUT2D eigenvalue weighted by Crippen LogP contribution is -2.58. The first kappa shape index (κ1) is 22.2. The normalized spacial score (nSPS) is 20.2. The van der Waals surface area contributed by atoms with E-state index >= 15 is 0 Å². The van der Waals surface area contributed by atoms with Gasteiger partial charge in [0.25, 0.3) is 0 Å². The number of hydroxylamine groups is 1. The molecule has 10 heteroatoms. The summed E-state index contributed by atoms with van der Waals surface area (Å²) in [7, 11) is 1.08. The molecule has 0 unspecified atom stereocenters. The summed E-state index contributed by atoms with van der Waals surface area (Å²) in [6.45, 7) is -0.0715. The van der Waals surface area contributed by atoms with Gasteiger partial charge in [-0.1, -0.05) is 30.3 Å². The number of alkyl halides is 3. The van der Waals surface area contributed by atoms with Crippen molar-refractivity contribution in [3.63, 3.8) is 0 Å². The van der Waals surface area contributed by atoms with Crippen LogP contribution in [0.4, 0.5) is 13.2 Å². The third-order valence-electron chi connectivity index (χ3n) is 3.89. The second kappa shape index (κ2) is 9.75. The lowest BCUT2D eigenvalue weighted by atomic mass is 9.98. The van der Waals surface area contributed by atoms with Crippen LogP contribution in [0.2, 0.25) is 0 Å². The van der Waals surface area contributed by atoms with Crippen molar-refractivity contribution in [2.24, 2.45) is 0 Å². The number of ether oxygens (including phenoxy) is 1. The van der Waals surface area contributed by atoms with E-state index in [1.54, 1.807) is 0 Å². The summed E-state index contributed by atoms with van der Waals surface area (Å²) in [5.41, 5.74) is 3.56. The first-order valence-electron chi connectivity index (χ1n) is 7.69. The standard InChI is InChI=1S/C16H19F3N2O4.ClH/c1-24-14(22)13-8-7-12(9-21(13)15(23)16(17,18)19)20-25-10-11-5-3-2-4-6-11;/h2-6,12-13,20H,7-10H2,1H3;1H/t12-,13+;/m1./s1. The number of hydrogen-bond acceptors (Lipinski definition) is 5. The van der Waals surface area contributed by atoms with Crippen LogP contribution in [0.15, 0.2) is 30.3 Å². The topological polar surface area (TPSA) is 67.9 Å². The first-order chi connectivity index (χ1) is 11.8. The van der Waals surface area contributed by atoms with Gasteiger partial charge in [-0.2, -0.15) is 18.7 Å². The third kappa shape index (κ3) is 5.86. The molecule has 1 amide bonds. The molecule has 1 fully saturated rings. The Morgan fingerprint density at radius 1 is 1.23 bits per heavy atom. The highest BCUT2D eigenvalue weighted by Crippen LogP contribution is 2.26. The summed E-state index contributed by atoms with van der Waals surface area (Å²) in [6, 6.07) is 7.45. The molecule has 1 aromatic carbocycles. The number of methoxy groups -OCH3 is 1. The Hall–Kier alpha value is -1.84. The number of likely N-dealkylation sites (tertiary alicyclic amines) is 1. The highest BCUT2D eigenvalue weighted by molar-refractivity contribution is 5.88. The van der Waals surface area contributed by atoms with Gasteiger partial charge in [-0.3, -0.25) is 9.63 Å². The molecule has 1 aliphatic rings. The number of nitrogens with zero attached hydrogens (tertiary/aromatic N) is 1. The Morgan fingerprint density at radius 3 is 2.46 bits per heavy atom. The molecule has 1 heterocycles. The number of rotatable bonds is 5. The molecular weight excluding hydrogens is 377 g/mol. The van der Waals surface area contributed by atoms with Gasteiger partial charge in [-0.25, -0.2) is 4.79 Å². The molecule has 2 atom stereocenters. The van der Waals surface area contributed by atoms with Crippen molar-refractivity contribution in [2.45, 2.75) is 37.7 Å². The zero-order chi connectivity index (χ0) is 18.4. The zero-order valence-corrected chi connectivity index (χ0v) is 14.8. The predicted octanol–water partition coefficient (Wildman–Crippen LogP) is 2.22. The van der Waals surface area contributed by atoms with Gasteiger partial charge in [0.2, 0.25) is 0 Å². The summed E-state index contributed by atoms with van der Waals surface area (Å²) in [6.07, 6.45) is -4.63. The molecule has 6 nitrogen and oxygen atoms in total. The molecule has 1 N–H and O–H groups in total. The smallest absolute Gasteiger partial charge is 0.467 e. The Morgan fingerprint density at radius 2 is 1.88 bits per heavy atom. The Labute approximate surface area is 155 Å². The average Bonchev–Trinajstić information content (AvgIpc) is 2.60. The molecule has 0 spiro atoms. The Kier molecular flexibility index (Phi) is 8.32. The molecule has 2 rings (SSSR count). The van der Waals surface area contributed by atoms with E-state index in [2.05, 4.69) is 10.2 Å². The van der Waals surface area contributed by atoms with Gasteiger partial charge in [0.1, 0.15) is 6.04 Å². The number of esters is 1. The predicted molar refractivity (Wildman–Crippen MR) is 88.2 cm³/mol. The van der Waals surface area contributed by atoms with E-state index in [0.29, 0.717) is 11.3 Å². The summed E-state index contributed by atoms with van der Waals surface area (Å²) >= 11 is 0. The van der Waals surface area contributed by atoms with E-state index in [4.69, 9.17) is 4.84 Å². The molecule has 1 saturated heterocycles. The maximum absolute atomic E-state index is 12.8. The van der Waals surface area contributed by atoms with E-state index in [1.807, 2.05) is 30.3 Å². The van der Waals surface area contributed by atoms with Gasteiger partial charge in [0, 0.05) is 12.6 Å². The number of nitrogens with one attached hydrogen (secondary N) is 1. The highest BCUT2D eigenvalue weighted by Gasteiger charge is 2.48. The second-order valence-electron chi connectivity index (χ2n) is 5.66. The molecule has 146 valence electrons. The van der Waals surface area contributed by atoms with Crippen LogP contribution in [-0.2, 0) is 25.8 Å². The van der Waals surface area contributed by atoms with Crippen molar-refractivity contribution in [3.8, 4) is 0 Å². The van der Waals surface area contributed by atoms with Gasteiger partial charge in [0.15, 0.2) is 0 Å². The molecule has 0 aromatic heterocycles. The SMILES string of the molecule is COC(=O)[C@@H]1CC[C@@H](NOCc2ccccc2)CN1C(=O)C(F)(F)F.Cl. The maximum atomic E-state index is 12.8. The van der Waals surface area contributed by atoms with Crippen molar-refractivity contribution in [1.82, 2.24) is 10.4 Å². The summed E-state index contributed by atoms with van der Waals surface area (Å²) in [4.78, 5) is 29.1. The highest BCUT2D eigenvalue weighted by atomic mass is 35.5. The van der Waals surface area contributed by atoms with Crippen LogP contribution >= 0.6 is 12.4 Å². The minimum absolute atomic E-state index is 0. The quantitative estimate of drug-likeness (QED) is 0.610. The minimum Gasteiger partial charge on any atom is -0.467 e. The van der Waals surface area contributed by atoms with Gasteiger partial charge in [-0.05, 0) is 18.4 Å². The largest absolute Gasteiger partial charge is 0.471 e. The molecule has 0 bridgehead atoms. The third-order valence-corrected chi connectivity index (χ3v) is 3.89. The summed E-state index contributed by atoms with van der Waals surface area (Å²) in [5.74, 6) is -2.92. The van der Waals surface area contributed by atoms with E-state index in [0.717, 1.165) is 12.7 Å².